The zero-order chi connectivity index (χ0) is 19.4. The smallest absolute Gasteiger partial charge is 0.278 e. The van der Waals surface area contributed by atoms with Gasteiger partial charge >= 0.3 is 0 Å². The fraction of sp³-hybridized carbons (Fsp3) is 0.143. The van der Waals surface area contributed by atoms with Crippen molar-refractivity contribution in [1.29, 1.82) is 0 Å². The summed E-state index contributed by atoms with van der Waals surface area (Å²) >= 11 is 0. The Labute approximate surface area is 157 Å². The van der Waals surface area contributed by atoms with Crippen LogP contribution in [-0.2, 0) is 9.59 Å². The number of nitrogens with zero attached hydrogens (tertiary/aromatic N) is 1. The van der Waals surface area contributed by atoms with Crippen LogP contribution in [0.5, 0.6) is 11.5 Å². The maximum absolute atomic E-state index is 12.9. The van der Waals surface area contributed by atoms with Gasteiger partial charge in [0, 0.05) is 12.6 Å². The Hall–Kier alpha value is -3.54. The lowest BCUT2D eigenvalue weighted by molar-refractivity contribution is -0.136. The minimum absolute atomic E-state index is 0.133. The number of anilines is 1. The summed E-state index contributed by atoms with van der Waals surface area (Å²) < 4.78 is 10.6. The summed E-state index contributed by atoms with van der Waals surface area (Å²) in [7, 11) is 3.08. The molecule has 2 aromatic rings. The van der Waals surface area contributed by atoms with E-state index < -0.39 is 5.91 Å². The van der Waals surface area contributed by atoms with E-state index in [1.807, 2.05) is 18.2 Å². The molecule has 0 atom stereocenters. The van der Waals surface area contributed by atoms with E-state index in [1.165, 1.54) is 13.2 Å². The lowest BCUT2D eigenvalue weighted by Crippen LogP contribution is -2.32. The first-order chi connectivity index (χ1) is 13.1. The van der Waals surface area contributed by atoms with Crippen molar-refractivity contribution in [3.05, 3.63) is 72.4 Å². The van der Waals surface area contributed by atoms with Crippen molar-refractivity contribution in [2.45, 2.75) is 0 Å². The van der Waals surface area contributed by atoms with E-state index >= 15 is 0 Å². The number of benzene rings is 2. The molecule has 0 unspecified atom stereocenters. The van der Waals surface area contributed by atoms with Crippen LogP contribution < -0.4 is 14.8 Å². The van der Waals surface area contributed by atoms with E-state index in [-0.39, 0.29) is 18.1 Å². The highest BCUT2D eigenvalue weighted by atomic mass is 16.5. The monoisotopic (exact) mass is 364 g/mol. The van der Waals surface area contributed by atoms with Crippen LogP contribution in [0.1, 0.15) is 5.56 Å². The molecular weight excluding hydrogens is 344 g/mol. The summed E-state index contributed by atoms with van der Waals surface area (Å²) in [5.74, 6) is 0.345. The van der Waals surface area contributed by atoms with Crippen LogP contribution in [0.4, 0.5) is 5.69 Å². The maximum atomic E-state index is 12.9. The first-order valence-corrected chi connectivity index (χ1v) is 8.36. The predicted molar refractivity (Wildman–Crippen MR) is 103 cm³/mol. The van der Waals surface area contributed by atoms with Crippen LogP contribution >= 0.6 is 0 Å². The fourth-order valence-corrected chi connectivity index (χ4v) is 2.91. The van der Waals surface area contributed by atoms with Crippen LogP contribution in [0, 0.1) is 0 Å². The lowest BCUT2D eigenvalue weighted by atomic mass is 10.0. The average molecular weight is 364 g/mol. The van der Waals surface area contributed by atoms with Gasteiger partial charge in [-0.15, -0.1) is 6.58 Å². The van der Waals surface area contributed by atoms with Gasteiger partial charge in [-0.05, 0) is 17.7 Å². The third-order valence-electron chi connectivity index (χ3n) is 4.21. The lowest BCUT2D eigenvalue weighted by Gasteiger charge is -2.14. The number of amides is 2. The van der Waals surface area contributed by atoms with Gasteiger partial charge < -0.3 is 14.8 Å². The fourth-order valence-electron chi connectivity index (χ4n) is 2.91. The maximum Gasteiger partial charge on any atom is 0.278 e. The molecule has 1 N–H and O–H groups in total. The van der Waals surface area contributed by atoms with E-state index in [2.05, 4.69) is 11.9 Å². The van der Waals surface area contributed by atoms with Gasteiger partial charge in [-0.2, -0.15) is 0 Å². The third kappa shape index (κ3) is 3.42. The normalized spacial score (nSPS) is 13.8. The van der Waals surface area contributed by atoms with Crippen molar-refractivity contribution in [3.8, 4) is 11.5 Å². The Morgan fingerprint density at radius 1 is 1.04 bits per heavy atom. The summed E-state index contributed by atoms with van der Waals surface area (Å²) in [6.07, 6.45) is 1.52. The molecule has 27 heavy (non-hydrogen) atoms. The Bertz CT molecular complexity index is 919. The van der Waals surface area contributed by atoms with Crippen molar-refractivity contribution in [2.24, 2.45) is 0 Å². The molecule has 0 aliphatic carbocycles. The Morgan fingerprint density at radius 2 is 1.78 bits per heavy atom. The molecule has 2 amide bonds. The molecule has 0 aromatic heterocycles. The molecule has 0 saturated carbocycles. The molecule has 2 aromatic carbocycles. The molecule has 0 radical (unpaired) electrons. The van der Waals surface area contributed by atoms with Crippen molar-refractivity contribution < 1.29 is 19.1 Å². The highest BCUT2D eigenvalue weighted by Crippen LogP contribution is 2.35. The summed E-state index contributed by atoms with van der Waals surface area (Å²) in [4.78, 5) is 27.0. The molecule has 1 aliphatic rings. The zero-order valence-electron chi connectivity index (χ0n) is 15.2. The van der Waals surface area contributed by atoms with Crippen LogP contribution in [0.15, 0.2) is 66.9 Å². The van der Waals surface area contributed by atoms with Crippen molar-refractivity contribution >= 4 is 23.1 Å². The van der Waals surface area contributed by atoms with Crippen molar-refractivity contribution in [1.82, 2.24) is 4.90 Å². The molecule has 0 spiro atoms. The summed E-state index contributed by atoms with van der Waals surface area (Å²) in [5.41, 5.74) is 1.69. The van der Waals surface area contributed by atoms with Gasteiger partial charge in [0.05, 0.1) is 25.5 Å². The zero-order valence-corrected chi connectivity index (χ0v) is 15.2. The van der Waals surface area contributed by atoms with Gasteiger partial charge in [0.2, 0.25) is 0 Å². The van der Waals surface area contributed by atoms with E-state index in [9.17, 15) is 9.59 Å². The summed E-state index contributed by atoms with van der Waals surface area (Å²) in [6.45, 7) is 3.76. The quantitative estimate of drug-likeness (QED) is 0.604. The predicted octanol–water partition coefficient (Wildman–Crippen LogP) is 3.08. The highest BCUT2D eigenvalue weighted by molar-refractivity contribution is 6.36. The first kappa shape index (κ1) is 18.3. The molecule has 0 fully saturated rings. The van der Waals surface area contributed by atoms with E-state index in [4.69, 9.17) is 9.47 Å². The van der Waals surface area contributed by atoms with E-state index in [0.717, 1.165) is 4.90 Å². The van der Waals surface area contributed by atoms with Crippen molar-refractivity contribution in [2.75, 3.05) is 26.1 Å². The average Bonchev–Trinajstić information content (AvgIpc) is 2.93. The number of ether oxygens (including phenoxy) is 2. The topological polar surface area (TPSA) is 67.9 Å². The second kappa shape index (κ2) is 7.78. The largest absolute Gasteiger partial charge is 0.497 e. The number of carbonyl (C=O) groups excluding carboxylic acids is 2. The summed E-state index contributed by atoms with van der Waals surface area (Å²) in [5, 5.41) is 3.08. The van der Waals surface area contributed by atoms with Gasteiger partial charge in [-0.1, -0.05) is 36.4 Å². The Morgan fingerprint density at radius 3 is 2.41 bits per heavy atom. The molecular formula is C21H20N2O4. The van der Waals surface area contributed by atoms with Gasteiger partial charge in [0.1, 0.15) is 17.2 Å². The van der Waals surface area contributed by atoms with E-state index in [1.54, 1.807) is 37.4 Å². The third-order valence-corrected chi connectivity index (χ3v) is 4.21. The number of imide groups is 1. The molecule has 1 heterocycles. The number of carbonyl (C=O) groups is 2. The molecule has 6 heteroatoms. The number of rotatable bonds is 7. The first-order valence-electron chi connectivity index (χ1n) is 8.36. The SMILES string of the molecule is C=CCN1C(=O)C(Nc2cc(OC)ccc2OC)=C(c2ccccc2)C1=O. The van der Waals surface area contributed by atoms with Crippen LogP contribution in [0.2, 0.25) is 0 Å². The standard InChI is InChI=1S/C21H20N2O4/c1-4-12-23-20(24)18(14-8-6-5-7-9-14)19(21(23)25)22-16-13-15(26-2)10-11-17(16)27-3/h4-11,13,22H,1,12H2,2-3H3. The molecule has 3 rings (SSSR count). The number of methoxy groups -OCH3 is 2. The second-order valence-corrected chi connectivity index (χ2v) is 5.82. The molecule has 1 aliphatic heterocycles. The van der Waals surface area contributed by atoms with Gasteiger partial charge in [0.25, 0.3) is 11.8 Å². The van der Waals surface area contributed by atoms with Crippen LogP contribution in [0.25, 0.3) is 5.57 Å². The minimum Gasteiger partial charge on any atom is -0.497 e. The Kier molecular flexibility index (Phi) is 5.26. The summed E-state index contributed by atoms with van der Waals surface area (Å²) in [6, 6.07) is 14.3. The Balaban J connectivity index is 2.11. The molecule has 0 saturated heterocycles. The van der Waals surface area contributed by atoms with Gasteiger partial charge in [-0.3, -0.25) is 14.5 Å². The molecule has 6 nitrogen and oxygen atoms in total. The van der Waals surface area contributed by atoms with Crippen LogP contribution in [-0.4, -0.2) is 37.5 Å². The second-order valence-electron chi connectivity index (χ2n) is 5.82. The number of hydrogen-bond donors (Lipinski definition) is 1. The van der Waals surface area contributed by atoms with E-state index in [0.29, 0.717) is 28.3 Å². The highest BCUT2D eigenvalue weighted by Gasteiger charge is 2.38. The number of nitrogens with one attached hydrogen (secondary N) is 1. The van der Waals surface area contributed by atoms with Crippen LogP contribution in [0.3, 0.4) is 0 Å². The minimum atomic E-state index is -0.413. The van der Waals surface area contributed by atoms with Crippen molar-refractivity contribution in [3.63, 3.8) is 0 Å². The molecule has 138 valence electrons. The number of hydrogen-bond acceptors (Lipinski definition) is 5. The van der Waals surface area contributed by atoms with Gasteiger partial charge in [0.15, 0.2) is 0 Å². The van der Waals surface area contributed by atoms with Gasteiger partial charge in [-0.25, -0.2) is 0 Å². The molecule has 0 bridgehead atoms.